The summed E-state index contributed by atoms with van der Waals surface area (Å²) in [7, 11) is 0. The summed E-state index contributed by atoms with van der Waals surface area (Å²) in [5.41, 5.74) is -0.380. The Balaban J connectivity index is 2.27. The minimum absolute atomic E-state index is 0.0547. The number of esters is 2. The predicted octanol–water partition coefficient (Wildman–Crippen LogP) is 3.59. The zero-order valence-corrected chi connectivity index (χ0v) is 13.9. The maximum absolute atomic E-state index is 12.2. The van der Waals surface area contributed by atoms with E-state index in [4.69, 9.17) is 44.6 Å². The second-order valence-corrected chi connectivity index (χ2v) is 6.11. The standard InChI is InChI=1S/C14H11Cl3O6/c15-7-5-8(16)11(23-14(21)12(18)19)9(10(7)17)13(20)22-4-3-6-1-2-6/h5-6H,1-4H2,(H,18,19). The van der Waals surface area contributed by atoms with Crippen LogP contribution in [0.15, 0.2) is 6.07 Å². The van der Waals surface area contributed by atoms with Gasteiger partial charge in [0.15, 0.2) is 5.75 Å². The Labute approximate surface area is 146 Å². The number of hydrogen-bond donors (Lipinski definition) is 1. The molecule has 0 unspecified atom stereocenters. The van der Waals surface area contributed by atoms with Crippen molar-refractivity contribution in [3.05, 3.63) is 26.7 Å². The molecule has 0 saturated heterocycles. The molecule has 0 bridgehead atoms. The SMILES string of the molecule is O=C(O)C(=O)Oc1c(Cl)cc(Cl)c(Cl)c1C(=O)OCCC1CC1. The third-order valence-corrected chi connectivity index (χ3v) is 4.22. The summed E-state index contributed by atoms with van der Waals surface area (Å²) >= 11 is 17.7. The smallest absolute Gasteiger partial charge is 0.422 e. The van der Waals surface area contributed by atoms with E-state index < -0.39 is 23.7 Å². The summed E-state index contributed by atoms with van der Waals surface area (Å²) < 4.78 is 9.69. The van der Waals surface area contributed by atoms with Crippen LogP contribution in [0.2, 0.25) is 15.1 Å². The molecule has 1 aromatic rings. The molecule has 0 amide bonds. The first-order chi connectivity index (χ1) is 10.8. The Hall–Kier alpha value is -1.50. The van der Waals surface area contributed by atoms with Gasteiger partial charge in [0, 0.05) is 0 Å². The fraction of sp³-hybridized carbons (Fsp3) is 0.357. The summed E-state index contributed by atoms with van der Waals surface area (Å²) in [5, 5.41) is 8.08. The van der Waals surface area contributed by atoms with Gasteiger partial charge in [0.25, 0.3) is 0 Å². The van der Waals surface area contributed by atoms with Crippen LogP contribution < -0.4 is 4.74 Å². The normalized spacial score (nSPS) is 13.5. The van der Waals surface area contributed by atoms with Crippen LogP contribution >= 0.6 is 34.8 Å². The van der Waals surface area contributed by atoms with Crippen LogP contribution in [0.5, 0.6) is 5.75 Å². The lowest BCUT2D eigenvalue weighted by Crippen LogP contribution is -2.21. The van der Waals surface area contributed by atoms with Gasteiger partial charge in [-0.1, -0.05) is 47.6 Å². The number of carboxylic acid groups (broad SMARTS) is 1. The number of carbonyl (C=O) groups is 3. The lowest BCUT2D eigenvalue weighted by Gasteiger charge is -2.13. The fourth-order valence-corrected chi connectivity index (χ4v) is 2.51. The van der Waals surface area contributed by atoms with Gasteiger partial charge in [0.2, 0.25) is 0 Å². The van der Waals surface area contributed by atoms with E-state index in [9.17, 15) is 14.4 Å². The second-order valence-electron chi connectivity index (χ2n) is 4.92. The number of ether oxygens (including phenoxy) is 2. The summed E-state index contributed by atoms with van der Waals surface area (Å²) in [6.07, 6.45) is 2.91. The Morgan fingerprint density at radius 3 is 2.39 bits per heavy atom. The van der Waals surface area contributed by atoms with Crippen LogP contribution in [0, 0.1) is 5.92 Å². The van der Waals surface area contributed by atoms with Crippen LogP contribution in [-0.4, -0.2) is 29.6 Å². The van der Waals surface area contributed by atoms with Crippen molar-refractivity contribution in [3.8, 4) is 5.75 Å². The van der Waals surface area contributed by atoms with Gasteiger partial charge in [0.05, 0.1) is 21.7 Å². The maximum atomic E-state index is 12.2. The van der Waals surface area contributed by atoms with E-state index in [1.807, 2.05) is 0 Å². The summed E-state index contributed by atoms with van der Waals surface area (Å²) in [6, 6.07) is 1.14. The van der Waals surface area contributed by atoms with Crippen molar-refractivity contribution in [1.29, 1.82) is 0 Å². The van der Waals surface area contributed by atoms with Crippen molar-refractivity contribution >= 4 is 52.7 Å². The first kappa shape index (κ1) is 17.8. The van der Waals surface area contributed by atoms with Crippen LogP contribution in [0.1, 0.15) is 29.6 Å². The molecule has 23 heavy (non-hydrogen) atoms. The molecule has 0 aliphatic heterocycles. The summed E-state index contributed by atoms with van der Waals surface area (Å²) in [4.78, 5) is 34.0. The van der Waals surface area contributed by atoms with Crippen LogP contribution in [0.25, 0.3) is 0 Å². The van der Waals surface area contributed by atoms with Gasteiger partial charge in [-0.25, -0.2) is 14.4 Å². The highest BCUT2D eigenvalue weighted by atomic mass is 35.5. The number of halogens is 3. The minimum atomic E-state index is -1.85. The highest BCUT2D eigenvalue weighted by Crippen LogP contribution is 2.40. The molecular weight excluding hydrogens is 371 g/mol. The van der Waals surface area contributed by atoms with Crippen LogP contribution in [0.3, 0.4) is 0 Å². The number of carbonyl (C=O) groups excluding carboxylic acids is 2. The summed E-state index contributed by atoms with van der Waals surface area (Å²) in [6.45, 7) is 0.163. The van der Waals surface area contributed by atoms with E-state index in [-0.39, 0.29) is 27.2 Å². The van der Waals surface area contributed by atoms with Gasteiger partial charge < -0.3 is 14.6 Å². The predicted molar refractivity (Wildman–Crippen MR) is 82.4 cm³/mol. The minimum Gasteiger partial charge on any atom is -0.473 e. The van der Waals surface area contributed by atoms with E-state index in [0.717, 1.165) is 18.9 Å². The molecule has 1 aliphatic rings. The van der Waals surface area contributed by atoms with Crippen molar-refractivity contribution in [3.63, 3.8) is 0 Å². The Morgan fingerprint density at radius 2 is 1.83 bits per heavy atom. The highest BCUT2D eigenvalue weighted by Gasteiger charge is 2.28. The Kier molecular flexibility index (Phi) is 5.73. The third kappa shape index (κ3) is 4.50. The van der Waals surface area contributed by atoms with Gasteiger partial charge >= 0.3 is 17.9 Å². The number of aliphatic carboxylic acids is 1. The molecule has 1 aliphatic carbocycles. The third-order valence-electron chi connectivity index (χ3n) is 3.16. The van der Waals surface area contributed by atoms with Gasteiger partial charge in [-0.2, -0.15) is 0 Å². The molecule has 1 fully saturated rings. The molecule has 0 heterocycles. The van der Waals surface area contributed by atoms with Gasteiger partial charge in [-0.05, 0) is 18.4 Å². The molecule has 0 atom stereocenters. The molecule has 0 spiro atoms. The summed E-state index contributed by atoms with van der Waals surface area (Å²) in [5.74, 6) is -4.30. The van der Waals surface area contributed by atoms with Crippen molar-refractivity contribution in [1.82, 2.24) is 0 Å². The van der Waals surface area contributed by atoms with Crippen LogP contribution in [-0.2, 0) is 14.3 Å². The number of rotatable bonds is 5. The van der Waals surface area contributed by atoms with Crippen molar-refractivity contribution in [2.45, 2.75) is 19.3 Å². The molecule has 0 radical (unpaired) electrons. The first-order valence-corrected chi connectivity index (χ1v) is 7.74. The van der Waals surface area contributed by atoms with Gasteiger partial charge in [-0.15, -0.1) is 0 Å². The van der Waals surface area contributed by atoms with E-state index in [0.29, 0.717) is 12.3 Å². The average Bonchev–Trinajstić information content (AvgIpc) is 3.28. The number of benzene rings is 1. The number of carboxylic acids is 1. The van der Waals surface area contributed by atoms with Gasteiger partial charge in [-0.3, -0.25) is 0 Å². The van der Waals surface area contributed by atoms with E-state index in [2.05, 4.69) is 4.74 Å². The average molecular weight is 382 g/mol. The van der Waals surface area contributed by atoms with E-state index in [1.165, 1.54) is 0 Å². The van der Waals surface area contributed by atoms with Crippen molar-refractivity contribution in [2.24, 2.45) is 5.92 Å². The lowest BCUT2D eigenvalue weighted by atomic mass is 10.2. The molecule has 6 nitrogen and oxygen atoms in total. The van der Waals surface area contributed by atoms with E-state index in [1.54, 1.807) is 0 Å². The fourth-order valence-electron chi connectivity index (χ4n) is 1.79. The second kappa shape index (κ2) is 7.38. The monoisotopic (exact) mass is 380 g/mol. The molecule has 1 aromatic carbocycles. The van der Waals surface area contributed by atoms with Crippen molar-refractivity contribution < 1.29 is 29.0 Å². The first-order valence-electron chi connectivity index (χ1n) is 6.61. The van der Waals surface area contributed by atoms with Crippen molar-refractivity contribution in [2.75, 3.05) is 6.61 Å². The molecule has 9 heteroatoms. The van der Waals surface area contributed by atoms with Crippen LogP contribution in [0.4, 0.5) is 0 Å². The largest absolute Gasteiger partial charge is 0.473 e. The molecular formula is C14H11Cl3O6. The van der Waals surface area contributed by atoms with E-state index >= 15 is 0 Å². The zero-order chi connectivity index (χ0) is 17.1. The van der Waals surface area contributed by atoms with Gasteiger partial charge in [0.1, 0.15) is 5.56 Å². The number of hydrogen-bond acceptors (Lipinski definition) is 5. The lowest BCUT2D eigenvalue weighted by molar-refractivity contribution is -0.158. The molecule has 1 N–H and O–H groups in total. The highest BCUT2D eigenvalue weighted by molar-refractivity contribution is 6.46. The quantitative estimate of drug-likeness (QED) is 0.363. The Bertz CT molecular complexity index is 669. The topological polar surface area (TPSA) is 89.9 Å². The molecule has 124 valence electrons. The molecule has 2 rings (SSSR count). The zero-order valence-electron chi connectivity index (χ0n) is 11.6. The molecule has 0 aromatic heterocycles. The molecule has 1 saturated carbocycles. The maximum Gasteiger partial charge on any atom is 0.422 e. The Morgan fingerprint density at radius 1 is 1.17 bits per heavy atom.